The minimum Gasteiger partial charge on any atom is -0.423 e. The lowest BCUT2D eigenvalue weighted by Gasteiger charge is -2.06. The molecule has 0 unspecified atom stereocenters. The first-order chi connectivity index (χ1) is 6.65. The van der Waals surface area contributed by atoms with Crippen molar-refractivity contribution in [3.63, 3.8) is 0 Å². The van der Waals surface area contributed by atoms with Crippen LogP contribution in [-0.4, -0.2) is 11.7 Å². The number of esters is 1. The van der Waals surface area contributed by atoms with Crippen LogP contribution in [-0.2, 0) is 4.79 Å². The molecule has 1 rings (SSSR count). The first-order valence-electron chi connectivity index (χ1n) is 3.90. The molecule has 0 saturated heterocycles. The van der Waals surface area contributed by atoms with Crippen molar-refractivity contribution in [1.29, 1.82) is 0 Å². The molecule has 2 nitrogen and oxygen atoms in total. The zero-order chi connectivity index (χ0) is 10.6. The Balaban J connectivity index is 2.80. The molecule has 0 aliphatic heterocycles. The van der Waals surface area contributed by atoms with Crippen LogP contribution in [0.5, 0.6) is 5.75 Å². The van der Waals surface area contributed by atoms with Crippen LogP contribution in [0.25, 0.3) is 0 Å². The molecule has 1 aromatic rings. The van der Waals surface area contributed by atoms with Crippen molar-refractivity contribution in [2.45, 2.75) is 6.42 Å². The smallest absolute Gasteiger partial charge is 0.312 e. The molecule has 0 radical (unpaired) electrons. The van der Waals surface area contributed by atoms with Crippen molar-refractivity contribution in [3.8, 4) is 5.75 Å². The summed E-state index contributed by atoms with van der Waals surface area (Å²) >= 11 is 15.5. The highest BCUT2D eigenvalue weighted by atomic mass is 35.5. The first kappa shape index (κ1) is 11.7. The van der Waals surface area contributed by atoms with Gasteiger partial charge in [0.2, 0.25) is 0 Å². The molecule has 1 aromatic carbocycles. The molecule has 0 heterocycles. The van der Waals surface area contributed by atoms with E-state index in [1.54, 1.807) is 18.2 Å². The summed E-state index contributed by atoms with van der Waals surface area (Å²) in [6.45, 7) is 0. The second-order valence-electron chi connectivity index (χ2n) is 2.50. The second-order valence-corrected chi connectivity index (χ2v) is 3.76. The lowest BCUT2D eigenvalue weighted by Crippen LogP contribution is -2.08. The van der Waals surface area contributed by atoms with Gasteiger partial charge in [-0.2, -0.15) is 12.6 Å². The number of carbonyl (C=O) groups is 1. The topological polar surface area (TPSA) is 26.3 Å². The van der Waals surface area contributed by atoms with Crippen LogP contribution in [0, 0.1) is 0 Å². The third kappa shape index (κ3) is 3.08. The molecule has 0 amide bonds. The second kappa shape index (κ2) is 5.49. The summed E-state index contributed by atoms with van der Waals surface area (Å²) in [6.07, 6.45) is 0.227. The third-order valence-electron chi connectivity index (χ3n) is 1.45. The number of halogens is 2. The molecular weight excluding hydrogens is 243 g/mol. The van der Waals surface area contributed by atoms with Crippen LogP contribution < -0.4 is 4.74 Å². The molecule has 0 fully saturated rings. The number of ether oxygens (including phenoxy) is 1. The molecule has 0 aliphatic rings. The summed E-state index contributed by atoms with van der Waals surface area (Å²) in [6, 6.07) is 4.90. The molecule has 0 aliphatic carbocycles. The molecule has 76 valence electrons. The summed E-state index contributed by atoms with van der Waals surface area (Å²) in [4.78, 5) is 11.1. The van der Waals surface area contributed by atoms with Gasteiger partial charge in [-0.05, 0) is 12.1 Å². The quantitative estimate of drug-likeness (QED) is 0.507. The number of benzene rings is 1. The molecule has 14 heavy (non-hydrogen) atoms. The van der Waals surface area contributed by atoms with Gasteiger partial charge in [0.25, 0.3) is 0 Å². The van der Waals surface area contributed by atoms with Crippen LogP contribution in [0.2, 0.25) is 10.0 Å². The molecule has 0 aromatic heterocycles. The van der Waals surface area contributed by atoms with E-state index in [4.69, 9.17) is 27.9 Å². The lowest BCUT2D eigenvalue weighted by atomic mass is 10.3. The zero-order valence-corrected chi connectivity index (χ0v) is 9.57. The minimum absolute atomic E-state index is 0.211. The number of rotatable bonds is 3. The summed E-state index contributed by atoms with van der Waals surface area (Å²) in [5.74, 6) is 0.249. The highest BCUT2D eigenvalue weighted by Gasteiger charge is 2.10. The van der Waals surface area contributed by atoms with Crippen LogP contribution in [0.1, 0.15) is 6.42 Å². The van der Waals surface area contributed by atoms with Gasteiger partial charge in [0.1, 0.15) is 0 Å². The van der Waals surface area contributed by atoms with Crippen LogP contribution in [0.4, 0.5) is 0 Å². The average molecular weight is 251 g/mol. The number of thiol groups is 1. The van der Waals surface area contributed by atoms with Gasteiger partial charge < -0.3 is 4.74 Å². The van der Waals surface area contributed by atoms with Gasteiger partial charge in [-0.25, -0.2) is 0 Å². The fraction of sp³-hybridized carbons (Fsp3) is 0.222. The van der Waals surface area contributed by atoms with E-state index in [1.807, 2.05) is 0 Å². The highest BCUT2D eigenvalue weighted by Crippen LogP contribution is 2.32. The van der Waals surface area contributed by atoms with Crippen molar-refractivity contribution in [2.75, 3.05) is 5.75 Å². The van der Waals surface area contributed by atoms with E-state index in [9.17, 15) is 4.79 Å². The Hall–Kier alpha value is -0.380. The van der Waals surface area contributed by atoms with Crippen molar-refractivity contribution in [1.82, 2.24) is 0 Å². The normalized spacial score (nSPS) is 9.93. The van der Waals surface area contributed by atoms with Gasteiger partial charge >= 0.3 is 5.97 Å². The van der Waals surface area contributed by atoms with Crippen molar-refractivity contribution in [2.24, 2.45) is 0 Å². The fourth-order valence-corrected chi connectivity index (χ4v) is 1.49. The Labute approximate surface area is 97.6 Å². The van der Waals surface area contributed by atoms with E-state index < -0.39 is 5.97 Å². The summed E-state index contributed by atoms with van der Waals surface area (Å²) < 4.78 is 4.96. The minimum atomic E-state index is -0.394. The fourth-order valence-electron chi connectivity index (χ4n) is 0.836. The van der Waals surface area contributed by atoms with E-state index >= 15 is 0 Å². The standard InChI is InChI=1S/C9H8Cl2O2S/c10-6-2-1-3-7(11)9(6)13-8(12)4-5-14/h1-3,14H,4-5H2. The Kier molecular flexibility index (Phi) is 4.58. The Bertz CT molecular complexity index is 321. The van der Waals surface area contributed by atoms with Gasteiger partial charge in [0, 0.05) is 5.75 Å². The summed E-state index contributed by atoms with van der Waals surface area (Å²) in [5, 5.41) is 0.648. The Morgan fingerprint density at radius 3 is 2.43 bits per heavy atom. The first-order valence-corrected chi connectivity index (χ1v) is 5.29. The largest absolute Gasteiger partial charge is 0.423 e. The number of hydrogen-bond donors (Lipinski definition) is 1. The Morgan fingerprint density at radius 2 is 1.93 bits per heavy atom. The van der Waals surface area contributed by atoms with Gasteiger partial charge in [-0.1, -0.05) is 29.3 Å². The monoisotopic (exact) mass is 250 g/mol. The van der Waals surface area contributed by atoms with E-state index in [0.29, 0.717) is 15.8 Å². The molecule has 0 atom stereocenters. The summed E-state index contributed by atoms with van der Waals surface area (Å²) in [7, 11) is 0. The molecule has 0 spiro atoms. The maximum Gasteiger partial charge on any atom is 0.312 e. The maximum atomic E-state index is 11.1. The number of carbonyl (C=O) groups excluding carboxylic acids is 1. The lowest BCUT2D eigenvalue weighted by molar-refractivity contribution is -0.133. The van der Waals surface area contributed by atoms with Gasteiger partial charge in [-0.3, -0.25) is 4.79 Å². The van der Waals surface area contributed by atoms with Gasteiger partial charge in [0.15, 0.2) is 5.75 Å². The van der Waals surface area contributed by atoms with Gasteiger partial charge in [0.05, 0.1) is 16.5 Å². The Morgan fingerprint density at radius 1 is 1.36 bits per heavy atom. The molecule has 0 saturated carbocycles. The number of para-hydroxylation sites is 1. The molecule has 0 N–H and O–H groups in total. The van der Waals surface area contributed by atoms with Gasteiger partial charge in [-0.15, -0.1) is 0 Å². The van der Waals surface area contributed by atoms with Crippen molar-refractivity contribution in [3.05, 3.63) is 28.2 Å². The molecule has 5 heteroatoms. The maximum absolute atomic E-state index is 11.1. The zero-order valence-electron chi connectivity index (χ0n) is 7.17. The SMILES string of the molecule is O=C(CCS)Oc1c(Cl)cccc1Cl. The van der Waals surface area contributed by atoms with E-state index in [-0.39, 0.29) is 12.2 Å². The predicted molar refractivity (Wildman–Crippen MR) is 60.6 cm³/mol. The van der Waals surface area contributed by atoms with Crippen molar-refractivity contribution >= 4 is 41.8 Å². The predicted octanol–water partition coefficient (Wildman–Crippen LogP) is 3.22. The average Bonchev–Trinajstić information content (AvgIpc) is 2.12. The summed E-state index contributed by atoms with van der Waals surface area (Å²) in [5.41, 5.74) is 0. The van der Waals surface area contributed by atoms with Crippen LogP contribution in [0.3, 0.4) is 0 Å². The van der Waals surface area contributed by atoms with E-state index in [1.165, 1.54) is 0 Å². The third-order valence-corrected chi connectivity index (χ3v) is 2.27. The van der Waals surface area contributed by atoms with Crippen LogP contribution >= 0.6 is 35.8 Å². The van der Waals surface area contributed by atoms with E-state index in [0.717, 1.165) is 0 Å². The van der Waals surface area contributed by atoms with E-state index in [2.05, 4.69) is 12.6 Å². The number of hydrogen-bond acceptors (Lipinski definition) is 3. The highest BCUT2D eigenvalue weighted by molar-refractivity contribution is 7.80. The van der Waals surface area contributed by atoms with Crippen LogP contribution in [0.15, 0.2) is 18.2 Å². The van der Waals surface area contributed by atoms with Crippen molar-refractivity contribution < 1.29 is 9.53 Å². The molecular formula is C9H8Cl2O2S. The molecule has 0 bridgehead atoms.